The van der Waals surface area contributed by atoms with Crippen LogP contribution in [0.15, 0.2) is 85.0 Å². The molecule has 0 N–H and O–H groups in total. The normalized spacial score (nSPS) is 12.4. The SMILES string of the molecule is CCCC[C](=[Zr+2])CCCC.Cc1ccccc1-c1[c-]c2c(cc1C(C)(C)C)-c1cc(C(C)(C)C)c(-c3ccccc3C)cc1C2.[C-]1=CC=CC1.[Cl-].[Cl-]. The second-order valence-electron chi connectivity index (χ2n) is 16.1. The Morgan fingerprint density at radius 3 is 1.67 bits per heavy atom. The van der Waals surface area contributed by atoms with Crippen LogP contribution in [0.25, 0.3) is 33.4 Å². The number of allylic oxidation sites excluding steroid dienone is 4. The van der Waals surface area contributed by atoms with E-state index in [0.717, 1.165) is 12.8 Å². The van der Waals surface area contributed by atoms with Gasteiger partial charge in [-0.2, -0.15) is 6.08 Å². The number of halogens is 2. The molecule has 0 spiro atoms. The van der Waals surface area contributed by atoms with Crippen molar-refractivity contribution < 1.29 is 49.0 Å². The second-order valence-corrected chi connectivity index (χ2v) is 17.9. The molecule has 0 heterocycles. The maximum Gasteiger partial charge on any atom is -0.0126 e. The largest absolute Gasteiger partial charge is 1.00 e. The number of fused-ring (bicyclic) bond motifs is 3. The van der Waals surface area contributed by atoms with Crippen LogP contribution < -0.4 is 24.8 Å². The quantitative estimate of drug-likeness (QED) is 0.140. The summed E-state index contributed by atoms with van der Waals surface area (Å²) in [6.07, 6.45) is 19.3. The summed E-state index contributed by atoms with van der Waals surface area (Å²) < 4.78 is 1.79. The van der Waals surface area contributed by atoms with E-state index < -0.39 is 0 Å². The predicted molar refractivity (Wildman–Crippen MR) is 217 cm³/mol. The van der Waals surface area contributed by atoms with Gasteiger partial charge in [-0.1, -0.05) is 124 Å². The Morgan fingerprint density at radius 2 is 1.21 bits per heavy atom. The molecule has 0 aromatic heterocycles. The van der Waals surface area contributed by atoms with Gasteiger partial charge in [0.15, 0.2) is 0 Å². The van der Waals surface area contributed by atoms with Crippen molar-refractivity contribution in [2.75, 3.05) is 0 Å². The van der Waals surface area contributed by atoms with Crippen molar-refractivity contribution in [3.63, 3.8) is 0 Å². The van der Waals surface area contributed by atoms with Crippen LogP contribution in [0.5, 0.6) is 0 Å². The van der Waals surface area contributed by atoms with Crippen LogP contribution in [0.2, 0.25) is 0 Å². The monoisotopic (exact) mass is 808 g/mol. The van der Waals surface area contributed by atoms with Crippen LogP contribution in [0.4, 0.5) is 0 Å². The van der Waals surface area contributed by atoms with E-state index in [1.54, 1.807) is 27.4 Å². The predicted octanol–water partition coefficient (Wildman–Crippen LogP) is 8.00. The molecule has 0 saturated carbocycles. The standard InChI is InChI=1S/C35H37.C9H18.C5H5.2ClH.Zr/c1-22-13-9-11-15-26(22)30-18-24-17-25-19-31(27-16-12-10-14-23(27)2)33(35(6,7)8)21-29(25)28(24)20-32(30)34(3,4)5;1-3-5-7-9-8-6-4-2;1-2-4-5-3-1;;;/h9-16,18,20-21H,17H2,1-8H3;3-8H2,1-2H3;1-3H,4H2;2*1H;/q-1;;-1;;;+2/p-2. The first-order chi connectivity index (χ1) is 23.8. The van der Waals surface area contributed by atoms with Gasteiger partial charge in [-0.05, 0) is 58.9 Å². The van der Waals surface area contributed by atoms with Gasteiger partial charge in [0, 0.05) is 0 Å². The molecular weight excluding hydrogens is 751 g/mol. The van der Waals surface area contributed by atoms with Gasteiger partial charge in [-0.15, -0.1) is 35.2 Å². The number of benzene rings is 4. The Bertz CT molecular complexity index is 1700. The van der Waals surface area contributed by atoms with Crippen molar-refractivity contribution in [3.8, 4) is 33.4 Å². The summed E-state index contributed by atoms with van der Waals surface area (Å²) in [7, 11) is 0. The smallest absolute Gasteiger partial charge is 0.0126 e. The van der Waals surface area contributed by atoms with Crippen LogP contribution in [0, 0.1) is 26.0 Å². The van der Waals surface area contributed by atoms with E-state index >= 15 is 0 Å². The molecule has 0 aliphatic heterocycles. The van der Waals surface area contributed by atoms with Gasteiger partial charge < -0.3 is 24.8 Å². The summed E-state index contributed by atoms with van der Waals surface area (Å²) in [6.45, 7) is 22.9. The fourth-order valence-corrected chi connectivity index (χ4v) is 7.69. The minimum Gasteiger partial charge on any atom is -1.00 e. The molecular formula is C49H60Cl2Zr-2. The van der Waals surface area contributed by atoms with Crippen molar-refractivity contribution in [1.82, 2.24) is 0 Å². The summed E-state index contributed by atoms with van der Waals surface area (Å²) in [5, 5.41) is 0. The molecule has 6 rings (SSSR count). The van der Waals surface area contributed by atoms with E-state index in [9.17, 15) is 0 Å². The second kappa shape index (κ2) is 21.0. The molecule has 4 aromatic rings. The van der Waals surface area contributed by atoms with E-state index in [1.807, 2.05) is 12.2 Å². The number of hydrogen-bond donors (Lipinski definition) is 0. The van der Waals surface area contributed by atoms with Crippen molar-refractivity contribution in [1.29, 1.82) is 0 Å². The summed E-state index contributed by atoms with van der Waals surface area (Å²) in [5.74, 6) is 0. The first kappa shape index (κ1) is 45.8. The fourth-order valence-electron chi connectivity index (χ4n) is 6.82. The Morgan fingerprint density at radius 1 is 0.673 bits per heavy atom. The van der Waals surface area contributed by atoms with Gasteiger partial charge in [-0.25, -0.2) is 12.2 Å². The van der Waals surface area contributed by atoms with E-state index in [-0.39, 0.29) is 35.6 Å². The third-order valence-electron chi connectivity index (χ3n) is 9.78. The van der Waals surface area contributed by atoms with Crippen LogP contribution in [-0.2, 0) is 41.5 Å². The van der Waals surface area contributed by atoms with Crippen LogP contribution in [-0.4, -0.2) is 3.21 Å². The summed E-state index contributed by atoms with van der Waals surface area (Å²) in [5.41, 5.74) is 16.3. The molecule has 3 heteroatoms. The van der Waals surface area contributed by atoms with Gasteiger partial charge >= 0.3 is 79.8 Å². The molecule has 0 bridgehead atoms. The average molecular weight is 811 g/mol. The van der Waals surface area contributed by atoms with Crippen molar-refractivity contribution in [2.24, 2.45) is 0 Å². The molecule has 0 radical (unpaired) electrons. The molecule has 0 fully saturated rings. The van der Waals surface area contributed by atoms with Gasteiger partial charge in [0.1, 0.15) is 0 Å². The van der Waals surface area contributed by atoms with Gasteiger partial charge in [-0.3, -0.25) is 6.08 Å². The summed E-state index contributed by atoms with van der Waals surface area (Å²) >= 11 is 1.67. The molecule has 0 amide bonds. The fraction of sp³-hybridized carbons (Fsp3) is 0.408. The maximum atomic E-state index is 3.93. The molecule has 52 heavy (non-hydrogen) atoms. The zero-order chi connectivity index (χ0) is 36.5. The minimum atomic E-state index is 0. The van der Waals surface area contributed by atoms with Crippen molar-refractivity contribution in [2.45, 2.75) is 131 Å². The minimum absolute atomic E-state index is 0. The van der Waals surface area contributed by atoms with E-state index in [0.29, 0.717) is 0 Å². The third kappa shape index (κ3) is 12.1. The summed E-state index contributed by atoms with van der Waals surface area (Å²) in [4.78, 5) is 0. The summed E-state index contributed by atoms with van der Waals surface area (Å²) in [6, 6.07) is 28.9. The molecule has 0 atom stereocenters. The topological polar surface area (TPSA) is 0 Å². The number of rotatable bonds is 8. The molecule has 0 unspecified atom stereocenters. The Balaban J connectivity index is 0.000000462. The number of aryl methyl sites for hydroxylation is 2. The Hall–Kier alpha value is -2.31. The van der Waals surface area contributed by atoms with Gasteiger partial charge in [0.05, 0.1) is 0 Å². The van der Waals surface area contributed by atoms with E-state index in [4.69, 9.17) is 0 Å². The van der Waals surface area contributed by atoms with Crippen molar-refractivity contribution in [3.05, 3.63) is 130 Å². The van der Waals surface area contributed by atoms with Crippen LogP contribution in [0.1, 0.15) is 134 Å². The molecule has 276 valence electrons. The van der Waals surface area contributed by atoms with E-state index in [2.05, 4.69) is 154 Å². The molecule has 4 aromatic carbocycles. The van der Waals surface area contributed by atoms with Crippen LogP contribution in [0.3, 0.4) is 0 Å². The van der Waals surface area contributed by atoms with Gasteiger partial charge in [0.2, 0.25) is 0 Å². The molecule has 0 saturated heterocycles. The molecule has 2 aliphatic rings. The maximum absolute atomic E-state index is 3.93. The average Bonchev–Trinajstić information content (AvgIpc) is 3.77. The first-order valence-electron chi connectivity index (χ1n) is 18.9. The Kier molecular flexibility index (Phi) is 18.5. The van der Waals surface area contributed by atoms with Gasteiger partial charge in [0.25, 0.3) is 0 Å². The zero-order valence-corrected chi connectivity index (χ0v) is 37.5. The number of hydrogen-bond acceptors (Lipinski definition) is 0. The van der Waals surface area contributed by atoms with Crippen molar-refractivity contribution >= 4 is 3.21 Å². The Labute approximate surface area is 345 Å². The molecule has 0 nitrogen and oxygen atoms in total. The molecule has 2 aliphatic carbocycles. The third-order valence-corrected chi connectivity index (χ3v) is 11.0. The van der Waals surface area contributed by atoms with E-state index in [1.165, 1.54) is 105 Å². The zero-order valence-electron chi connectivity index (χ0n) is 33.5. The number of unbranched alkanes of at least 4 members (excludes halogenated alkanes) is 2. The first-order valence-corrected chi connectivity index (χ1v) is 20.2. The van der Waals surface area contributed by atoms with Crippen LogP contribution >= 0.6 is 0 Å².